The van der Waals surface area contributed by atoms with E-state index in [1.165, 1.54) is 0 Å². The van der Waals surface area contributed by atoms with E-state index in [1.54, 1.807) is 0 Å². The molecule has 0 fully saturated rings. The average molecular weight is 538 g/mol. The summed E-state index contributed by atoms with van der Waals surface area (Å²) < 4.78 is 0. The van der Waals surface area contributed by atoms with Crippen molar-refractivity contribution >= 4 is 23.2 Å². The zero-order chi connectivity index (χ0) is 28.2. The van der Waals surface area contributed by atoms with Gasteiger partial charge < -0.3 is 10.4 Å². The summed E-state index contributed by atoms with van der Waals surface area (Å²) in [6, 6.07) is 30.0. The highest BCUT2D eigenvalue weighted by Crippen LogP contribution is 2.55. The van der Waals surface area contributed by atoms with Gasteiger partial charge in [-0.15, -0.1) is 0 Å². The van der Waals surface area contributed by atoms with Gasteiger partial charge in [-0.3, -0.25) is 4.79 Å². The van der Waals surface area contributed by atoms with Crippen LogP contribution in [0.25, 0.3) is 0 Å². The molecule has 0 aromatic heterocycles. The summed E-state index contributed by atoms with van der Waals surface area (Å²) in [4.78, 5) is 14.5. The molecule has 2 unspecified atom stereocenters. The lowest BCUT2D eigenvalue weighted by atomic mass is 9.61. The lowest BCUT2D eigenvalue weighted by molar-refractivity contribution is -0.120. The molecule has 2 N–H and O–H groups in total. The molecule has 39 heavy (non-hydrogen) atoms. The minimum Gasteiger partial charge on any atom is -0.507 e. The number of hydrogen-bond acceptors (Lipinski definition) is 2. The number of anilines is 1. The Morgan fingerprint density at radius 3 is 1.85 bits per heavy atom. The zero-order valence-electron chi connectivity index (χ0n) is 23.5. The number of fused-ring (bicyclic) bond motifs is 1. The standard InChI is InChI=1S/C35H36ClNO2/c1-33(2,3)27-20-23(21-28(31(27)38)34(4,5)6)30(22-16-18-25(36)19-17-22)35(24-12-8-7-9-13-24)26-14-10-11-15-29(26)37-32(35)39/h7-21,30,38H,1-6H3,(H,37,39). The molecule has 1 amide bonds. The molecule has 2 atom stereocenters. The first-order valence-corrected chi connectivity index (χ1v) is 13.8. The van der Waals surface area contributed by atoms with E-state index in [1.807, 2.05) is 72.8 Å². The molecule has 4 aromatic carbocycles. The van der Waals surface area contributed by atoms with Gasteiger partial charge in [0.25, 0.3) is 0 Å². The minimum absolute atomic E-state index is 0.0717. The van der Waals surface area contributed by atoms with Crippen molar-refractivity contribution in [1.82, 2.24) is 0 Å². The number of carbonyl (C=O) groups excluding carboxylic acids is 1. The third kappa shape index (κ3) is 4.53. The second kappa shape index (κ2) is 9.57. The number of para-hydroxylation sites is 1. The molecule has 200 valence electrons. The summed E-state index contributed by atoms with van der Waals surface area (Å²) in [6.45, 7) is 12.7. The molecule has 4 heteroatoms. The lowest BCUT2D eigenvalue weighted by Crippen LogP contribution is -2.42. The van der Waals surface area contributed by atoms with Crippen molar-refractivity contribution < 1.29 is 9.90 Å². The predicted molar refractivity (Wildman–Crippen MR) is 161 cm³/mol. The Morgan fingerprint density at radius 1 is 0.744 bits per heavy atom. The Hall–Kier alpha value is -3.56. The first-order valence-electron chi connectivity index (χ1n) is 13.4. The number of hydrogen-bond donors (Lipinski definition) is 2. The number of aromatic hydroxyl groups is 1. The van der Waals surface area contributed by atoms with E-state index in [2.05, 4.69) is 65.1 Å². The van der Waals surface area contributed by atoms with Gasteiger partial charge in [0, 0.05) is 16.6 Å². The fourth-order valence-electron chi connectivity index (χ4n) is 6.03. The van der Waals surface area contributed by atoms with Crippen LogP contribution in [-0.4, -0.2) is 11.0 Å². The Balaban J connectivity index is 1.95. The highest BCUT2D eigenvalue weighted by molar-refractivity contribution is 6.30. The molecule has 0 bridgehead atoms. The summed E-state index contributed by atoms with van der Waals surface area (Å²) in [7, 11) is 0. The molecule has 5 rings (SSSR count). The molecule has 1 aliphatic rings. The van der Waals surface area contributed by atoms with Crippen LogP contribution in [0.2, 0.25) is 5.02 Å². The largest absolute Gasteiger partial charge is 0.507 e. The van der Waals surface area contributed by atoms with Crippen LogP contribution in [-0.2, 0) is 21.0 Å². The molecule has 0 aliphatic carbocycles. The molecular weight excluding hydrogens is 502 g/mol. The Labute approximate surface area is 236 Å². The molecular formula is C35H36ClNO2. The molecule has 0 spiro atoms. The fraction of sp³-hybridized carbons (Fsp3) is 0.286. The van der Waals surface area contributed by atoms with E-state index in [0.717, 1.165) is 39.1 Å². The number of rotatable bonds is 4. The van der Waals surface area contributed by atoms with Gasteiger partial charge in [0.05, 0.1) is 0 Å². The summed E-state index contributed by atoms with van der Waals surface area (Å²) >= 11 is 6.36. The number of phenols is 1. The zero-order valence-corrected chi connectivity index (χ0v) is 24.2. The number of phenolic OH excluding ortho intramolecular Hbond substituents is 1. The molecule has 1 aliphatic heterocycles. The average Bonchev–Trinajstić information content (AvgIpc) is 3.17. The van der Waals surface area contributed by atoms with Gasteiger partial charge in [-0.05, 0) is 62.4 Å². The third-order valence-corrected chi connectivity index (χ3v) is 8.16. The van der Waals surface area contributed by atoms with Crippen LogP contribution in [0.5, 0.6) is 5.75 Å². The van der Waals surface area contributed by atoms with Crippen molar-refractivity contribution in [3.05, 3.63) is 129 Å². The van der Waals surface area contributed by atoms with Gasteiger partial charge >= 0.3 is 0 Å². The van der Waals surface area contributed by atoms with Crippen LogP contribution < -0.4 is 5.32 Å². The molecule has 3 nitrogen and oxygen atoms in total. The molecule has 1 heterocycles. The first-order chi connectivity index (χ1) is 18.3. The van der Waals surface area contributed by atoms with Crippen molar-refractivity contribution in [2.75, 3.05) is 5.32 Å². The number of benzene rings is 4. The minimum atomic E-state index is -1.05. The van der Waals surface area contributed by atoms with Crippen molar-refractivity contribution in [3.8, 4) is 5.75 Å². The summed E-state index contributed by atoms with van der Waals surface area (Å²) in [5.41, 5.74) is 4.64. The predicted octanol–water partition coefficient (Wildman–Crippen LogP) is 8.71. The topological polar surface area (TPSA) is 49.3 Å². The van der Waals surface area contributed by atoms with E-state index in [0.29, 0.717) is 10.8 Å². The molecule has 4 aromatic rings. The van der Waals surface area contributed by atoms with Crippen molar-refractivity contribution in [1.29, 1.82) is 0 Å². The van der Waals surface area contributed by atoms with Gasteiger partial charge in [-0.2, -0.15) is 0 Å². The van der Waals surface area contributed by atoms with E-state index < -0.39 is 11.3 Å². The molecule has 0 saturated carbocycles. The summed E-state index contributed by atoms with van der Waals surface area (Å²) in [5, 5.41) is 15.4. The van der Waals surface area contributed by atoms with Crippen LogP contribution in [0.3, 0.4) is 0 Å². The SMILES string of the molecule is CC(C)(C)c1cc(C(c2ccc(Cl)cc2)C2(c3ccccc3)C(=O)Nc3ccccc32)cc(C(C)(C)C)c1O. The van der Waals surface area contributed by atoms with Gasteiger partial charge in [-0.25, -0.2) is 0 Å². The van der Waals surface area contributed by atoms with Gasteiger partial charge in [-0.1, -0.05) is 126 Å². The van der Waals surface area contributed by atoms with E-state index in [4.69, 9.17) is 11.6 Å². The van der Waals surface area contributed by atoms with Crippen LogP contribution in [0, 0.1) is 0 Å². The van der Waals surface area contributed by atoms with E-state index in [-0.39, 0.29) is 16.7 Å². The van der Waals surface area contributed by atoms with Crippen LogP contribution in [0.4, 0.5) is 5.69 Å². The second-order valence-corrected chi connectivity index (χ2v) is 13.1. The number of nitrogens with one attached hydrogen (secondary N) is 1. The van der Waals surface area contributed by atoms with Crippen LogP contribution in [0.15, 0.2) is 91.0 Å². The molecule has 0 saturated heterocycles. The lowest BCUT2D eigenvalue weighted by Gasteiger charge is -2.39. The van der Waals surface area contributed by atoms with Gasteiger partial charge in [0.2, 0.25) is 5.91 Å². The number of halogens is 1. The first kappa shape index (κ1) is 27.0. The monoisotopic (exact) mass is 537 g/mol. The highest BCUT2D eigenvalue weighted by Gasteiger charge is 2.55. The Kier molecular flexibility index (Phi) is 6.63. The van der Waals surface area contributed by atoms with Gasteiger partial charge in [0.15, 0.2) is 0 Å². The quantitative estimate of drug-likeness (QED) is 0.273. The number of carbonyl (C=O) groups is 1. The Morgan fingerprint density at radius 2 is 1.28 bits per heavy atom. The third-order valence-electron chi connectivity index (χ3n) is 7.91. The van der Waals surface area contributed by atoms with Crippen LogP contribution >= 0.6 is 11.6 Å². The van der Waals surface area contributed by atoms with E-state index >= 15 is 0 Å². The molecule has 0 radical (unpaired) electrons. The maximum Gasteiger partial charge on any atom is 0.240 e. The summed E-state index contributed by atoms with van der Waals surface area (Å²) in [6.07, 6.45) is 0. The fourth-order valence-corrected chi connectivity index (χ4v) is 6.16. The second-order valence-electron chi connectivity index (χ2n) is 12.6. The Bertz CT molecular complexity index is 1490. The van der Waals surface area contributed by atoms with Crippen molar-refractivity contribution in [2.45, 2.75) is 63.7 Å². The van der Waals surface area contributed by atoms with Crippen LogP contribution in [0.1, 0.15) is 80.8 Å². The summed E-state index contributed by atoms with van der Waals surface area (Å²) in [5.74, 6) is -0.153. The van der Waals surface area contributed by atoms with Crippen molar-refractivity contribution in [3.63, 3.8) is 0 Å². The normalized spacial score (nSPS) is 18.0. The highest BCUT2D eigenvalue weighted by atomic mass is 35.5. The number of amides is 1. The van der Waals surface area contributed by atoms with E-state index in [9.17, 15) is 9.90 Å². The smallest absolute Gasteiger partial charge is 0.240 e. The van der Waals surface area contributed by atoms with Crippen molar-refractivity contribution in [2.24, 2.45) is 0 Å². The maximum absolute atomic E-state index is 14.5. The van der Waals surface area contributed by atoms with Gasteiger partial charge in [0.1, 0.15) is 11.2 Å². The maximum atomic E-state index is 14.5.